The smallest absolute Gasteiger partial charge is 0.317 e. The molecule has 1 aromatic carbocycles. The van der Waals surface area contributed by atoms with E-state index in [-0.39, 0.29) is 36.2 Å². The number of piperazine rings is 2. The molecule has 2 aliphatic heterocycles. The second-order valence-electron chi connectivity index (χ2n) is 8.21. The summed E-state index contributed by atoms with van der Waals surface area (Å²) in [7, 11) is 0. The predicted molar refractivity (Wildman–Crippen MR) is 106 cm³/mol. The summed E-state index contributed by atoms with van der Waals surface area (Å²) in [5.41, 5.74) is 0.866. The van der Waals surface area contributed by atoms with Gasteiger partial charge in [0.1, 0.15) is 17.8 Å². The first kappa shape index (κ1) is 19.5. The number of hydrogen-bond donors (Lipinski definition) is 3. The Bertz CT molecular complexity index is 775. The molecule has 3 aliphatic rings. The molecule has 2 saturated heterocycles. The van der Waals surface area contributed by atoms with Crippen LogP contribution in [0.1, 0.15) is 37.7 Å². The first-order chi connectivity index (χ1) is 14.0. The lowest BCUT2D eigenvalue weighted by molar-refractivity contribution is -0.152. The summed E-state index contributed by atoms with van der Waals surface area (Å²) < 4.78 is 0. The van der Waals surface area contributed by atoms with Gasteiger partial charge in [-0.2, -0.15) is 0 Å². The fourth-order valence-electron chi connectivity index (χ4n) is 4.50. The summed E-state index contributed by atoms with van der Waals surface area (Å²) in [6.07, 6.45) is 5.89. The molecule has 4 amide bonds. The zero-order valence-electron chi connectivity index (χ0n) is 16.5. The molecule has 3 fully saturated rings. The zero-order chi connectivity index (χ0) is 20.4. The number of nitrogens with zero attached hydrogens (tertiary/aromatic N) is 2. The van der Waals surface area contributed by atoms with E-state index >= 15 is 0 Å². The molecule has 1 aliphatic carbocycles. The maximum atomic E-state index is 12.9. The van der Waals surface area contributed by atoms with Crippen molar-refractivity contribution < 1.29 is 19.5 Å². The van der Waals surface area contributed by atoms with Gasteiger partial charge in [0.2, 0.25) is 11.8 Å². The predicted octanol–water partition coefficient (Wildman–Crippen LogP) is 0.988. The topological polar surface area (TPSA) is 102 Å². The Labute approximate surface area is 170 Å². The van der Waals surface area contributed by atoms with Crippen LogP contribution in [-0.2, 0) is 16.0 Å². The average molecular weight is 400 g/mol. The number of aromatic hydroxyl groups is 1. The van der Waals surface area contributed by atoms with Crippen molar-refractivity contribution in [2.24, 2.45) is 0 Å². The Morgan fingerprint density at radius 1 is 1.10 bits per heavy atom. The molecule has 29 heavy (non-hydrogen) atoms. The molecule has 0 radical (unpaired) electrons. The number of fused-ring (bicyclic) bond motifs is 1. The Morgan fingerprint density at radius 2 is 1.83 bits per heavy atom. The minimum atomic E-state index is -0.635. The normalized spacial score (nSPS) is 25.4. The number of benzene rings is 1. The zero-order valence-corrected chi connectivity index (χ0v) is 16.5. The molecule has 3 N–H and O–H groups in total. The Kier molecular flexibility index (Phi) is 5.60. The van der Waals surface area contributed by atoms with Crippen molar-refractivity contribution in [3.05, 3.63) is 29.8 Å². The van der Waals surface area contributed by atoms with Gasteiger partial charge >= 0.3 is 6.03 Å². The highest BCUT2D eigenvalue weighted by Gasteiger charge is 2.44. The lowest BCUT2D eigenvalue weighted by Crippen LogP contribution is -2.70. The van der Waals surface area contributed by atoms with Crippen LogP contribution in [0.4, 0.5) is 4.79 Å². The summed E-state index contributed by atoms with van der Waals surface area (Å²) in [5, 5.41) is 15.3. The van der Waals surface area contributed by atoms with Crippen molar-refractivity contribution in [3.63, 3.8) is 0 Å². The van der Waals surface area contributed by atoms with Crippen LogP contribution in [-0.4, -0.2) is 70.5 Å². The van der Waals surface area contributed by atoms with Crippen molar-refractivity contribution in [2.45, 2.75) is 56.7 Å². The fraction of sp³-hybridized carbons (Fsp3) is 0.571. The highest BCUT2D eigenvalue weighted by molar-refractivity contribution is 5.97. The van der Waals surface area contributed by atoms with Crippen LogP contribution in [0.15, 0.2) is 24.3 Å². The van der Waals surface area contributed by atoms with Crippen molar-refractivity contribution in [1.29, 1.82) is 0 Å². The van der Waals surface area contributed by atoms with E-state index in [1.165, 1.54) is 6.42 Å². The van der Waals surface area contributed by atoms with Gasteiger partial charge in [0, 0.05) is 25.6 Å². The summed E-state index contributed by atoms with van der Waals surface area (Å²) in [5.74, 6) is -0.172. The van der Waals surface area contributed by atoms with Crippen LogP contribution in [0.25, 0.3) is 0 Å². The van der Waals surface area contributed by atoms with Crippen LogP contribution < -0.4 is 10.6 Å². The minimum absolute atomic E-state index is 0.116. The maximum absolute atomic E-state index is 12.9. The van der Waals surface area contributed by atoms with Crippen LogP contribution >= 0.6 is 0 Å². The second kappa shape index (κ2) is 8.31. The number of amides is 4. The van der Waals surface area contributed by atoms with E-state index in [9.17, 15) is 19.5 Å². The number of urea groups is 1. The van der Waals surface area contributed by atoms with Crippen molar-refractivity contribution in [3.8, 4) is 5.75 Å². The minimum Gasteiger partial charge on any atom is -0.508 e. The molecule has 0 bridgehead atoms. The standard InChI is InChI=1S/C21H28N4O4/c26-16-8-6-14(7-9-16)12-17-20(28)25-11-10-24(13-18(25)19(27)23-17)21(29)22-15-4-2-1-3-5-15/h6-9,15,17-18,26H,1-5,10-13H2,(H,22,29)(H,23,27). The number of phenols is 1. The van der Waals surface area contributed by atoms with Gasteiger partial charge in [0.05, 0.1) is 6.54 Å². The molecule has 4 rings (SSSR count). The van der Waals surface area contributed by atoms with Gasteiger partial charge in [-0.05, 0) is 30.5 Å². The quantitative estimate of drug-likeness (QED) is 0.704. The molecule has 2 unspecified atom stereocenters. The molecule has 2 heterocycles. The molecule has 156 valence electrons. The third-order valence-electron chi connectivity index (χ3n) is 6.18. The Hall–Kier alpha value is -2.77. The highest BCUT2D eigenvalue weighted by Crippen LogP contribution is 2.21. The number of carbonyl (C=O) groups excluding carboxylic acids is 3. The van der Waals surface area contributed by atoms with Gasteiger partial charge in [-0.25, -0.2) is 4.79 Å². The number of nitrogens with one attached hydrogen (secondary N) is 2. The van der Waals surface area contributed by atoms with E-state index in [0.29, 0.717) is 19.5 Å². The fourth-order valence-corrected chi connectivity index (χ4v) is 4.50. The number of rotatable bonds is 3. The van der Waals surface area contributed by atoms with Crippen LogP contribution in [0.3, 0.4) is 0 Å². The van der Waals surface area contributed by atoms with Gasteiger partial charge < -0.3 is 25.5 Å². The molecule has 8 nitrogen and oxygen atoms in total. The van der Waals surface area contributed by atoms with Gasteiger partial charge in [-0.3, -0.25) is 9.59 Å². The third kappa shape index (κ3) is 4.31. The van der Waals surface area contributed by atoms with E-state index in [1.54, 1.807) is 34.1 Å². The Morgan fingerprint density at radius 3 is 2.55 bits per heavy atom. The summed E-state index contributed by atoms with van der Waals surface area (Å²) in [4.78, 5) is 41.5. The number of carbonyl (C=O) groups is 3. The molecule has 1 aromatic rings. The largest absolute Gasteiger partial charge is 0.508 e. The van der Waals surface area contributed by atoms with Crippen molar-refractivity contribution >= 4 is 17.8 Å². The molecule has 1 saturated carbocycles. The molecular weight excluding hydrogens is 372 g/mol. The van der Waals surface area contributed by atoms with E-state index < -0.39 is 12.1 Å². The molecule has 0 aromatic heterocycles. The first-order valence-corrected chi connectivity index (χ1v) is 10.5. The third-order valence-corrected chi connectivity index (χ3v) is 6.18. The monoisotopic (exact) mass is 400 g/mol. The van der Waals surface area contributed by atoms with Crippen LogP contribution in [0.2, 0.25) is 0 Å². The lowest BCUT2D eigenvalue weighted by atomic mass is 9.95. The highest BCUT2D eigenvalue weighted by atomic mass is 16.3. The van der Waals surface area contributed by atoms with E-state index in [0.717, 1.165) is 31.2 Å². The number of phenolic OH excluding ortho intramolecular Hbond substituents is 1. The van der Waals surface area contributed by atoms with E-state index in [1.807, 2.05) is 0 Å². The Balaban J connectivity index is 1.36. The average Bonchev–Trinajstić information content (AvgIpc) is 2.74. The van der Waals surface area contributed by atoms with Gasteiger partial charge in [-0.1, -0.05) is 31.4 Å². The maximum Gasteiger partial charge on any atom is 0.317 e. The van der Waals surface area contributed by atoms with Gasteiger partial charge in [0.25, 0.3) is 0 Å². The molecule has 2 atom stereocenters. The number of hydrogen-bond acceptors (Lipinski definition) is 4. The molecular formula is C21H28N4O4. The first-order valence-electron chi connectivity index (χ1n) is 10.5. The lowest BCUT2D eigenvalue weighted by Gasteiger charge is -2.45. The summed E-state index contributed by atoms with van der Waals surface area (Å²) >= 11 is 0. The molecule has 8 heteroatoms. The van der Waals surface area contributed by atoms with Gasteiger partial charge in [-0.15, -0.1) is 0 Å². The van der Waals surface area contributed by atoms with Crippen molar-refractivity contribution in [1.82, 2.24) is 20.4 Å². The van der Waals surface area contributed by atoms with Crippen LogP contribution in [0, 0.1) is 0 Å². The second-order valence-corrected chi connectivity index (χ2v) is 8.21. The van der Waals surface area contributed by atoms with Crippen LogP contribution in [0.5, 0.6) is 5.75 Å². The summed E-state index contributed by atoms with van der Waals surface area (Å²) in [6.45, 7) is 1.02. The van der Waals surface area contributed by atoms with E-state index in [2.05, 4.69) is 10.6 Å². The van der Waals surface area contributed by atoms with Crippen molar-refractivity contribution in [2.75, 3.05) is 19.6 Å². The SMILES string of the molecule is O=C1NC(Cc2ccc(O)cc2)C(=O)N2CCN(C(=O)NC3CCCCC3)CC12. The summed E-state index contributed by atoms with van der Waals surface area (Å²) in [6, 6.07) is 5.45. The van der Waals surface area contributed by atoms with E-state index in [4.69, 9.17) is 0 Å². The van der Waals surface area contributed by atoms with Gasteiger partial charge in [0.15, 0.2) is 0 Å². The molecule has 0 spiro atoms.